The van der Waals surface area contributed by atoms with Crippen LogP contribution in [0.3, 0.4) is 0 Å². The average Bonchev–Trinajstić information content (AvgIpc) is 2.78. The number of nitrogens with zero attached hydrogens (tertiary/aromatic N) is 1. The summed E-state index contributed by atoms with van der Waals surface area (Å²) in [4.78, 5) is 11.0. The zero-order valence-electron chi connectivity index (χ0n) is 17.1. The normalized spacial score (nSPS) is 11.0. The lowest BCUT2D eigenvalue weighted by molar-refractivity contribution is 0.0697. The van der Waals surface area contributed by atoms with Crippen molar-refractivity contribution in [3.8, 4) is 17.6 Å². The Labute approximate surface area is 199 Å². The first-order valence-corrected chi connectivity index (χ1v) is 10.9. The molecule has 0 aromatic heterocycles. The molecule has 162 valence electrons. The van der Waals surface area contributed by atoms with Crippen molar-refractivity contribution in [2.75, 3.05) is 6.61 Å². The molecule has 3 rings (SSSR count). The van der Waals surface area contributed by atoms with Crippen molar-refractivity contribution >= 4 is 45.1 Å². The van der Waals surface area contributed by atoms with Crippen LogP contribution in [0.25, 0.3) is 11.6 Å². The minimum absolute atomic E-state index is 0.218. The maximum atomic E-state index is 11.0. The van der Waals surface area contributed by atoms with Crippen LogP contribution in [0.15, 0.2) is 65.1 Å². The number of benzene rings is 3. The van der Waals surface area contributed by atoms with Crippen molar-refractivity contribution in [2.45, 2.75) is 13.5 Å². The molecule has 0 aliphatic carbocycles. The molecule has 1 N–H and O–H groups in total. The number of carboxylic acids is 1. The van der Waals surface area contributed by atoms with Gasteiger partial charge in [-0.05, 0) is 82.0 Å². The lowest BCUT2D eigenvalue weighted by Gasteiger charge is -2.15. The Hall–Kier alpha value is -3.27. The van der Waals surface area contributed by atoms with Gasteiger partial charge in [0, 0.05) is 5.02 Å². The second-order valence-corrected chi connectivity index (χ2v) is 8.02. The van der Waals surface area contributed by atoms with E-state index in [1.165, 1.54) is 12.1 Å². The summed E-state index contributed by atoms with van der Waals surface area (Å²) in [6.45, 7) is 2.55. The second-order valence-electron chi connectivity index (χ2n) is 6.73. The summed E-state index contributed by atoms with van der Waals surface area (Å²) in [5, 5.41) is 19.2. The predicted octanol–water partition coefficient (Wildman–Crippen LogP) is 6.84. The van der Waals surface area contributed by atoms with Crippen LogP contribution in [-0.2, 0) is 6.61 Å². The highest BCUT2D eigenvalue weighted by molar-refractivity contribution is 9.10. The molecule has 0 saturated heterocycles. The second kappa shape index (κ2) is 10.9. The van der Waals surface area contributed by atoms with Crippen LogP contribution in [0.1, 0.15) is 34.0 Å². The number of nitriles is 1. The van der Waals surface area contributed by atoms with E-state index in [0.717, 1.165) is 16.7 Å². The molecule has 0 radical (unpaired) electrons. The molecule has 0 aliphatic rings. The van der Waals surface area contributed by atoms with Crippen LogP contribution >= 0.6 is 27.5 Å². The molecule has 7 heteroatoms. The monoisotopic (exact) mass is 511 g/mol. The Morgan fingerprint density at radius 2 is 1.75 bits per heavy atom. The zero-order valence-corrected chi connectivity index (χ0v) is 19.5. The van der Waals surface area contributed by atoms with Crippen LogP contribution in [0.5, 0.6) is 11.5 Å². The molecule has 5 nitrogen and oxygen atoms in total. The molecule has 0 amide bonds. The molecule has 3 aromatic rings. The van der Waals surface area contributed by atoms with E-state index in [-0.39, 0.29) is 12.2 Å². The number of halogens is 2. The van der Waals surface area contributed by atoms with E-state index >= 15 is 0 Å². The molecule has 0 bridgehead atoms. The molecule has 0 unspecified atom stereocenters. The molecule has 0 aliphatic heterocycles. The number of rotatable bonds is 8. The quantitative estimate of drug-likeness (QED) is 0.264. The topological polar surface area (TPSA) is 79.5 Å². The van der Waals surface area contributed by atoms with Crippen molar-refractivity contribution in [1.29, 1.82) is 5.26 Å². The van der Waals surface area contributed by atoms with Gasteiger partial charge in [0.05, 0.1) is 28.3 Å². The van der Waals surface area contributed by atoms with Crippen molar-refractivity contribution in [2.24, 2.45) is 0 Å². The van der Waals surface area contributed by atoms with E-state index in [0.29, 0.717) is 33.2 Å². The predicted molar refractivity (Wildman–Crippen MR) is 128 cm³/mol. The van der Waals surface area contributed by atoms with Gasteiger partial charge in [-0.3, -0.25) is 0 Å². The first-order valence-electron chi connectivity index (χ1n) is 9.70. The van der Waals surface area contributed by atoms with Crippen LogP contribution in [0.4, 0.5) is 0 Å². The van der Waals surface area contributed by atoms with E-state index in [1.54, 1.807) is 42.5 Å². The van der Waals surface area contributed by atoms with Crippen molar-refractivity contribution in [3.05, 3.63) is 92.4 Å². The van der Waals surface area contributed by atoms with E-state index in [2.05, 4.69) is 22.0 Å². The van der Waals surface area contributed by atoms with Gasteiger partial charge >= 0.3 is 5.97 Å². The zero-order chi connectivity index (χ0) is 23.1. The summed E-state index contributed by atoms with van der Waals surface area (Å²) >= 11 is 9.48. The Morgan fingerprint density at radius 1 is 1.09 bits per heavy atom. The number of hydrogen-bond acceptors (Lipinski definition) is 4. The third-order valence-corrected chi connectivity index (χ3v) is 5.34. The lowest BCUT2D eigenvalue weighted by Crippen LogP contribution is -2.02. The highest BCUT2D eigenvalue weighted by atomic mass is 79.9. The smallest absolute Gasteiger partial charge is 0.335 e. The Balaban J connectivity index is 1.87. The largest absolute Gasteiger partial charge is 0.490 e. The fraction of sp³-hybridized carbons (Fsp3) is 0.120. The molecule has 0 saturated carbocycles. The summed E-state index contributed by atoms with van der Waals surface area (Å²) in [6, 6.07) is 19.4. The van der Waals surface area contributed by atoms with Crippen molar-refractivity contribution < 1.29 is 19.4 Å². The number of allylic oxidation sites excluding steroid dienone is 1. The van der Waals surface area contributed by atoms with Gasteiger partial charge in [-0.1, -0.05) is 35.9 Å². The van der Waals surface area contributed by atoms with Gasteiger partial charge in [0.1, 0.15) is 6.61 Å². The number of aromatic carboxylic acids is 1. The van der Waals surface area contributed by atoms with E-state index in [1.807, 2.05) is 19.1 Å². The summed E-state index contributed by atoms with van der Waals surface area (Å²) in [7, 11) is 0. The first kappa shape index (κ1) is 23.4. The van der Waals surface area contributed by atoms with Gasteiger partial charge in [-0.2, -0.15) is 5.26 Å². The van der Waals surface area contributed by atoms with Crippen LogP contribution in [0.2, 0.25) is 5.02 Å². The fourth-order valence-electron chi connectivity index (χ4n) is 2.95. The van der Waals surface area contributed by atoms with Gasteiger partial charge in [0.25, 0.3) is 0 Å². The SMILES string of the molecule is CCOc1cc(/C=C(\C#N)c2ccc(Cl)cc2)cc(Br)c1OCc1ccc(C(=O)O)cc1. The standard InChI is InChI=1S/C25H19BrClNO4/c1-2-31-23-13-17(11-20(14-28)18-7-9-21(27)10-8-18)12-22(26)24(23)32-15-16-3-5-19(6-4-16)25(29)30/h3-13H,2,15H2,1H3,(H,29,30)/b20-11+. The van der Waals surface area contributed by atoms with E-state index in [9.17, 15) is 10.1 Å². The van der Waals surface area contributed by atoms with Crippen LogP contribution in [-0.4, -0.2) is 17.7 Å². The number of carbonyl (C=O) groups is 1. The summed E-state index contributed by atoms with van der Waals surface area (Å²) < 4.78 is 12.4. The Morgan fingerprint density at radius 3 is 2.34 bits per heavy atom. The molecule has 32 heavy (non-hydrogen) atoms. The van der Waals surface area contributed by atoms with Crippen molar-refractivity contribution in [1.82, 2.24) is 0 Å². The highest BCUT2D eigenvalue weighted by Crippen LogP contribution is 2.38. The molecule has 3 aromatic carbocycles. The molecule has 0 atom stereocenters. The minimum Gasteiger partial charge on any atom is -0.490 e. The molecule has 0 heterocycles. The summed E-state index contributed by atoms with van der Waals surface area (Å²) in [6.07, 6.45) is 1.77. The first-order chi connectivity index (χ1) is 15.4. The van der Waals surface area contributed by atoms with Gasteiger partial charge in [0.2, 0.25) is 0 Å². The van der Waals surface area contributed by atoms with Crippen molar-refractivity contribution in [3.63, 3.8) is 0 Å². The fourth-order valence-corrected chi connectivity index (χ4v) is 3.65. The van der Waals surface area contributed by atoms with Crippen LogP contribution in [0, 0.1) is 11.3 Å². The number of carboxylic acid groups (broad SMARTS) is 1. The molecule has 0 fully saturated rings. The molecular weight excluding hydrogens is 494 g/mol. The highest BCUT2D eigenvalue weighted by Gasteiger charge is 2.13. The van der Waals surface area contributed by atoms with E-state index < -0.39 is 5.97 Å². The maximum Gasteiger partial charge on any atom is 0.335 e. The minimum atomic E-state index is -0.974. The molecule has 0 spiro atoms. The molecular formula is C25H19BrClNO4. The van der Waals surface area contributed by atoms with E-state index in [4.69, 9.17) is 26.2 Å². The average molecular weight is 513 g/mol. The summed E-state index contributed by atoms with van der Waals surface area (Å²) in [5.74, 6) is 0.0813. The van der Waals surface area contributed by atoms with Gasteiger partial charge in [-0.25, -0.2) is 4.79 Å². The third kappa shape index (κ3) is 5.91. The Kier molecular flexibility index (Phi) is 7.93. The summed E-state index contributed by atoms with van der Waals surface area (Å²) in [5.41, 5.74) is 3.06. The van der Waals surface area contributed by atoms with Gasteiger partial charge < -0.3 is 14.6 Å². The third-order valence-electron chi connectivity index (χ3n) is 4.50. The van der Waals surface area contributed by atoms with Gasteiger partial charge in [-0.15, -0.1) is 0 Å². The number of ether oxygens (including phenoxy) is 2. The number of hydrogen-bond donors (Lipinski definition) is 1. The Bertz CT molecular complexity index is 1180. The maximum absolute atomic E-state index is 11.0. The van der Waals surface area contributed by atoms with Crippen LogP contribution < -0.4 is 9.47 Å². The van der Waals surface area contributed by atoms with Gasteiger partial charge in [0.15, 0.2) is 11.5 Å². The lowest BCUT2D eigenvalue weighted by atomic mass is 10.0.